The topological polar surface area (TPSA) is 145 Å². The van der Waals surface area contributed by atoms with Gasteiger partial charge in [-0.3, -0.25) is 19.7 Å². The Balaban J connectivity index is 2.09. The molecular weight excluding hydrogens is 438 g/mol. The van der Waals surface area contributed by atoms with Crippen LogP contribution in [-0.4, -0.2) is 47.4 Å². The van der Waals surface area contributed by atoms with Crippen LogP contribution in [0.25, 0.3) is 5.69 Å². The van der Waals surface area contributed by atoms with E-state index in [0.717, 1.165) is 15.1 Å². The van der Waals surface area contributed by atoms with E-state index in [0.29, 0.717) is 0 Å². The van der Waals surface area contributed by atoms with Crippen molar-refractivity contribution in [3.05, 3.63) is 86.3 Å². The predicted molar refractivity (Wildman–Crippen MR) is 116 cm³/mol. The lowest BCUT2D eigenvalue weighted by Gasteiger charge is -2.16. The van der Waals surface area contributed by atoms with E-state index in [1.165, 1.54) is 63.5 Å². The van der Waals surface area contributed by atoms with Gasteiger partial charge in [0, 0.05) is 31.9 Å². The number of aryl methyl sites for hydroxylation is 1. The third-order valence-electron chi connectivity index (χ3n) is 4.52. The van der Waals surface area contributed by atoms with Crippen molar-refractivity contribution in [2.45, 2.75) is 11.8 Å². The Labute approximate surface area is 183 Å². The first kappa shape index (κ1) is 22.8. The zero-order valence-electron chi connectivity index (χ0n) is 17.3. The van der Waals surface area contributed by atoms with E-state index in [1.807, 2.05) is 0 Å². The molecule has 1 aromatic heterocycles. The van der Waals surface area contributed by atoms with Crippen molar-refractivity contribution in [1.82, 2.24) is 14.1 Å². The molecule has 0 aliphatic carbocycles. The number of carbonyl (C=O) groups excluding carboxylic acids is 1. The minimum atomic E-state index is -3.88. The largest absolute Gasteiger partial charge is 0.319 e. The zero-order chi connectivity index (χ0) is 23.6. The maximum absolute atomic E-state index is 12.9. The Hall–Kier alpha value is -3.90. The Morgan fingerprint density at radius 1 is 1.12 bits per heavy atom. The molecule has 0 bridgehead atoms. The Morgan fingerprint density at radius 2 is 1.75 bits per heavy atom. The molecule has 0 unspecified atom stereocenters. The Morgan fingerprint density at radius 3 is 2.41 bits per heavy atom. The summed E-state index contributed by atoms with van der Waals surface area (Å²) in [6.45, 7) is 1.52. The van der Waals surface area contributed by atoms with Gasteiger partial charge < -0.3 is 5.32 Å². The number of sulfonamides is 1. The van der Waals surface area contributed by atoms with Crippen LogP contribution in [0.3, 0.4) is 0 Å². The molecule has 166 valence electrons. The summed E-state index contributed by atoms with van der Waals surface area (Å²) in [4.78, 5) is 36.0. The number of hydrogen-bond donors (Lipinski definition) is 1. The molecule has 0 saturated heterocycles. The number of nitrogens with zero attached hydrogens (tertiary/aromatic N) is 4. The third kappa shape index (κ3) is 4.26. The van der Waals surface area contributed by atoms with Gasteiger partial charge in [-0.05, 0) is 25.1 Å². The molecule has 1 N–H and O–H groups in total. The van der Waals surface area contributed by atoms with Crippen molar-refractivity contribution in [1.29, 1.82) is 0 Å². The normalized spacial score (nSPS) is 11.4. The lowest BCUT2D eigenvalue weighted by atomic mass is 10.2. The van der Waals surface area contributed by atoms with E-state index in [1.54, 1.807) is 6.07 Å². The molecule has 0 fully saturated rings. The lowest BCUT2D eigenvalue weighted by molar-refractivity contribution is -0.384. The summed E-state index contributed by atoms with van der Waals surface area (Å²) in [5.74, 6) is -0.955. The van der Waals surface area contributed by atoms with Gasteiger partial charge in [0.05, 0.1) is 10.6 Å². The molecule has 32 heavy (non-hydrogen) atoms. The fourth-order valence-electron chi connectivity index (χ4n) is 2.92. The number of nitro benzene ring substituents is 1. The van der Waals surface area contributed by atoms with Crippen LogP contribution < -0.4 is 10.7 Å². The third-order valence-corrected chi connectivity index (χ3v) is 6.40. The highest BCUT2D eigenvalue weighted by atomic mass is 32.2. The molecule has 1 heterocycles. The lowest BCUT2D eigenvalue weighted by Crippen LogP contribution is -2.28. The summed E-state index contributed by atoms with van der Waals surface area (Å²) < 4.78 is 27.2. The molecule has 3 rings (SSSR count). The van der Waals surface area contributed by atoms with E-state index in [4.69, 9.17) is 0 Å². The van der Waals surface area contributed by atoms with E-state index in [9.17, 15) is 28.1 Å². The smallest absolute Gasteiger partial charge is 0.294 e. The maximum Gasteiger partial charge on any atom is 0.294 e. The number of hydrogen-bond acceptors (Lipinski definition) is 7. The van der Waals surface area contributed by atoms with Crippen molar-refractivity contribution in [2.75, 3.05) is 19.4 Å². The van der Waals surface area contributed by atoms with Crippen molar-refractivity contribution in [3.8, 4) is 5.69 Å². The summed E-state index contributed by atoms with van der Waals surface area (Å²) in [7, 11) is -1.18. The first-order valence-corrected chi connectivity index (χ1v) is 10.7. The van der Waals surface area contributed by atoms with Crippen LogP contribution in [0.5, 0.6) is 0 Å². The van der Waals surface area contributed by atoms with Crippen LogP contribution in [0.15, 0.2) is 64.3 Å². The van der Waals surface area contributed by atoms with Crippen LogP contribution in [0.1, 0.15) is 16.2 Å². The van der Waals surface area contributed by atoms with Crippen molar-refractivity contribution in [2.24, 2.45) is 0 Å². The second kappa shape index (κ2) is 8.69. The molecule has 0 aliphatic rings. The molecule has 0 aliphatic heterocycles. The number of nitro groups is 1. The van der Waals surface area contributed by atoms with Crippen molar-refractivity contribution in [3.63, 3.8) is 0 Å². The minimum absolute atomic E-state index is 0.0368. The SMILES string of the molecule is Cc1cc(=O)c(C(=O)Nc2ccccc2S(=O)(=O)N(C)C)nn1-c1ccccc1[N+](=O)[O-]. The van der Waals surface area contributed by atoms with Gasteiger partial charge >= 0.3 is 0 Å². The minimum Gasteiger partial charge on any atom is -0.319 e. The zero-order valence-corrected chi connectivity index (χ0v) is 18.2. The number of para-hydroxylation sites is 3. The van der Waals surface area contributed by atoms with Crippen LogP contribution in [0.4, 0.5) is 11.4 Å². The molecule has 12 heteroatoms. The van der Waals surface area contributed by atoms with Gasteiger partial charge in [0.25, 0.3) is 11.6 Å². The molecule has 3 aromatic rings. The van der Waals surface area contributed by atoms with E-state index in [-0.39, 0.29) is 27.7 Å². The second-order valence-electron chi connectivity index (χ2n) is 6.89. The molecule has 0 atom stereocenters. The molecule has 0 saturated carbocycles. The number of nitrogens with one attached hydrogen (secondary N) is 1. The highest BCUT2D eigenvalue weighted by molar-refractivity contribution is 7.89. The molecule has 11 nitrogen and oxygen atoms in total. The van der Waals surface area contributed by atoms with Gasteiger partial charge in [0.2, 0.25) is 15.5 Å². The van der Waals surface area contributed by atoms with E-state index >= 15 is 0 Å². The van der Waals surface area contributed by atoms with Crippen molar-refractivity contribution >= 4 is 27.3 Å². The van der Waals surface area contributed by atoms with Gasteiger partial charge in [-0.2, -0.15) is 5.10 Å². The van der Waals surface area contributed by atoms with Gasteiger partial charge in [0.15, 0.2) is 5.69 Å². The first-order chi connectivity index (χ1) is 15.0. The van der Waals surface area contributed by atoms with Gasteiger partial charge in [-0.15, -0.1) is 0 Å². The second-order valence-corrected chi connectivity index (χ2v) is 9.01. The van der Waals surface area contributed by atoms with Gasteiger partial charge in [-0.25, -0.2) is 17.4 Å². The fourth-order valence-corrected chi connectivity index (χ4v) is 3.96. The molecule has 0 spiro atoms. The van der Waals surface area contributed by atoms with Crippen molar-refractivity contribution < 1.29 is 18.1 Å². The number of aromatic nitrogens is 2. The van der Waals surface area contributed by atoms with E-state index in [2.05, 4.69) is 10.4 Å². The van der Waals surface area contributed by atoms with Gasteiger partial charge in [-0.1, -0.05) is 24.3 Å². The van der Waals surface area contributed by atoms with Crippen LogP contribution in [0.2, 0.25) is 0 Å². The monoisotopic (exact) mass is 457 g/mol. The number of amides is 1. The summed E-state index contributed by atoms with van der Waals surface area (Å²) >= 11 is 0. The molecular formula is C20H19N5O6S. The summed E-state index contributed by atoms with van der Waals surface area (Å²) in [6.07, 6.45) is 0. The average molecular weight is 457 g/mol. The molecule has 1 amide bonds. The predicted octanol–water partition coefficient (Wildman–Crippen LogP) is 1.95. The number of rotatable bonds is 6. The maximum atomic E-state index is 12.9. The Kier molecular flexibility index (Phi) is 6.18. The fraction of sp³-hybridized carbons (Fsp3) is 0.150. The number of anilines is 1. The first-order valence-electron chi connectivity index (χ1n) is 9.21. The van der Waals surface area contributed by atoms with E-state index < -0.39 is 32.0 Å². The molecule has 2 aromatic carbocycles. The molecule has 0 radical (unpaired) electrons. The number of carbonyl (C=O) groups is 1. The summed E-state index contributed by atoms with van der Waals surface area (Å²) in [5, 5.41) is 17.8. The van der Waals surface area contributed by atoms with Crippen LogP contribution >= 0.6 is 0 Å². The van der Waals surface area contributed by atoms with Crippen LogP contribution in [0, 0.1) is 17.0 Å². The summed E-state index contributed by atoms with van der Waals surface area (Å²) in [6, 6.07) is 12.6. The van der Waals surface area contributed by atoms with Crippen LogP contribution in [-0.2, 0) is 10.0 Å². The highest BCUT2D eigenvalue weighted by Gasteiger charge is 2.24. The standard InChI is InChI=1S/C20H19N5O6S/c1-13-12-17(26)19(22-24(13)15-9-5-6-10-16(15)25(28)29)20(27)21-14-8-4-7-11-18(14)32(30,31)23(2)3/h4-12H,1-3H3,(H,21,27). The average Bonchev–Trinajstić information content (AvgIpc) is 2.74. The Bertz CT molecular complexity index is 1380. The number of benzene rings is 2. The summed E-state index contributed by atoms with van der Waals surface area (Å²) in [5.41, 5.74) is -1.23. The highest BCUT2D eigenvalue weighted by Crippen LogP contribution is 2.24. The quantitative estimate of drug-likeness (QED) is 0.440. The van der Waals surface area contributed by atoms with Gasteiger partial charge in [0.1, 0.15) is 10.6 Å².